The number of aryl methyl sites for hydroxylation is 2. The summed E-state index contributed by atoms with van der Waals surface area (Å²) >= 11 is 1.52. The molecule has 0 fully saturated rings. The van der Waals surface area contributed by atoms with Crippen molar-refractivity contribution in [3.63, 3.8) is 0 Å². The molecule has 0 atom stereocenters. The van der Waals surface area contributed by atoms with Gasteiger partial charge in [0.2, 0.25) is 0 Å². The van der Waals surface area contributed by atoms with Crippen LogP contribution in [-0.4, -0.2) is 18.0 Å². The molecule has 12 heavy (non-hydrogen) atoms. The third kappa shape index (κ3) is 2.16. The Morgan fingerprint density at radius 2 is 2.42 bits per heavy atom. The topological polar surface area (TPSA) is 37.3 Å². The van der Waals surface area contributed by atoms with Crippen molar-refractivity contribution in [2.45, 2.75) is 19.8 Å². The second-order valence-corrected chi connectivity index (χ2v) is 3.87. The van der Waals surface area contributed by atoms with Crippen molar-refractivity contribution in [2.75, 3.05) is 6.61 Å². The van der Waals surface area contributed by atoms with Gasteiger partial charge >= 0.3 is 0 Å². The van der Waals surface area contributed by atoms with E-state index in [1.165, 1.54) is 16.2 Å². The molecule has 1 aromatic heterocycles. The summed E-state index contributed by atoms with van der Waals surface area (Å²) in [5.41, 5.74) is 1.04. The van der Waals surface area contributed by atoms with E-state index in [0.717, 1.165) is 29.6 Å². The standard InChI is InChI=1S/C9H12O2S/c1-7-5-8(3-2-4-10)12-9(7)6-11/h5-6,10H,2-4H2,1H3. The first-order valence-electron chi connectivity index (χ1n) is 3.93. The van der Waals surface area contributed by atoms with Crippen molar-refractivity contribution in [2.24, 2.45) is 0 Å². The van der Waals surface area contributed by atoms with Gasteiger partial charge in [0.25, 0.3) is 0 Å². The maximum Gasteiger partial charge on any atom is 0.160 e. The van der Waals surface area contributed by atoms with Gasteiger partial charge in [0.05, 0.1) is 4.88 Å². The van der Waals surface area contributed by atoms with Crippen LogP contribution in [0.4, 0.5) is 0 Å². The molecule has 0 aliphatic rings. The molecule has 0 aliphatic carbocycles. The van der Waals surface area contributed by atoms with E-state index in [2.05, 4.69) is 0 Å². The molecule has 1 heterocycles. The molecule has 1 aromatic rings. The molecule has 0 amide bonds. The van der Waals surface area contributed by atoms with Crippen molar-refractivity contribution in [1.29, 1.82) is 0 Å². The number of aliphatic hydroxyl groups is 1. The number of carbonyl (C=O) groups excluding carboxylic acids is 1. The van der Waals surface area contributed by atoms with E-state index in [-0.39, 0.29) is 6.61 Å². The second-order valence-electron chi connectivity index (χ2n) is 2.70. The lowest BCUT2D eigenvalue weighted by molar-refractivity contribution is 0.112. The molecule has 0 aliphatic heterocycles. The van der Waals surface area contributed by atoms with Gasteiger partial charge in [0, 0.05) is 11.5 Å². The minimum Gasteiger partial charge on any atom is -0.396 e. The van der Waals surface area contributed by atoms with Crippen LogP contribution in [0.3, 0.4) is 0 Å². The molecule has 0 spiro atoms. The lowest BCUT2D eigenvalue weighted by Gasteiger charge is -1.90. The van der Waals surface area contributed by atoms with Gasteiger partial charge in [-0.1, -0.05) is 0 Å². The van der Waals surface area contributed by atoms with Crippen molar-refractivity contribution < 1.29 is 9.90 Å². The Hall–Kier alpha value is -0.670. The van der Waals surface area contributed by atoms with Crippen LogP contribution in [0.2, 0.25) is 0 Å². The van der Waals surface area contributed by atoms with Crippen molar-refractivity contribution >= 4 is 17.6 Å². The molecule has 66 valence electrons. The molecule has 3 heteroatoms. The van der Waals surface area contributed by atoms with Gasteiger partial charge in [0.15, 0.2) is 6.29 Å². The van der Waals surface area contributed by atoms with E-state index in [9.17, 15) is 4.79 Å². The van der Waals surface area contributed by atoms with Gasteiger partial charge < -0.3 is 5.11 Å². The average molecular weight is 184 g/mol. The first kappa shape index (κ1) is 9.42. The third-order valence-corrected chi connectivity index (χ3v) is 2.92. The highest BCUT2D eigenvalue weighted by Gasteiger charge is 2.03. The number of hydrogen-bond acceptors (Lipinski definition) is 3. The molecular weight excluding hydrogens is 172 g/mol. The summed E-state index contributed by atoms with van der Waals surface area (Å²) in [6.45, 7) is 2.15. The number of thiophene rings is 1. The molecule has 1 N–H and O–H groups in total. The molecule has 0 unspecified atom stereocenters. The Bertz CT molecular complexity index is 265. The fraction of sp³-hybridized carbons (Fsp3) is 0.444. The van der Waals surface area contributed by atoms with Gasteiger partial charge in [-0.25, -0.2) is 0 Å². The average Bonchev–Trinajstić information content (AvgIpc) is 2.43. The van der Waals surface area contributed by atoms with Crippen molar-refractivity contribution in [3.05, 3.63) is 21.4 Å². The van der Waals surface area contributed by atoms with Crippen molar-refractivity contribution in [1.82, 2.24) is 0 Å². The molecule has 0 aromatic carbocycles. The monoisotopic (exact) mass is 184 g/mol. The third-order valence-electron chi connectivity index (χ3n) is 1.70. The van der Waals surface area contributed by atoms with E-state index < -0.39 is 0 Å². The lowest BCUT2D eigenvalue weighted by Crippen LogP contribution is -1.84. The van der Waals surface area contributed by atoms with Crippen LogP contribution in [-0.2, 0) is 6.42 Å². The zero-order chi connectivity index (χ0) is 8.97. The summed E-state index contributed by atoms with van der Waals surface area (Å²) in [5.74, 6) is 0. The Morgan fingerprint density at radius 1 is 1.67 bits per heavy atom. The zero-order valence-electron chi connectivity index (χ0n) is 7.04. The van der Waals surface area contributed by atoms with Gasteiger partial charge in [0.1, 0.15) is 0 Å². The number of carbonyl (C=O) groups is 1. The van der Waals surface area contributed by atoms with Crippen LogP contribution >= 0.6 is 11.3 Å². The Balaban J connectivity index is 2.68. The van der Waals surface area contributed by atoms with Gasteiger partial charge in [-0.3, -0.25) is 4.79 Å². The zero-order valence-corrected chi connectivity index (χ0v) is 7.86. The number of aliphatic hydroxyl groups excluding tert-OH is 1. The summed E-state index contributed by atoms with van der Waals surface area (Å²) in [5, 5.41) is 8.60. The highest BCUT2D eigenvalue weighted by molar-refractivity contribution is 7.13. The van der Waals surface area contributed by atoms with Crippen LogP contribution in [0.15, 0.2) is 6.07 Å². The quantitative estimate of drug-likeness (QED) is 0.724. The normalized spacial score (nSPS) is 10.2. The molecule has 1 rings (SSSR count). The summed E-state index contributed by atoms with van der Waals surface area (Å²) in [6.07, 6.45) is 2.54. The summed E-state index contributed by atoms with van der Waals surface area (Å²) < 4.78 is 0. The Labute approximate surface area is 75.9 Å². The van der Waals surface area contributed by atoms with Crippen LogP contribution in [0.25, 0.3) is 0 Å². The summed E-state index contributed by atoms with van der Waals surface area (Å²) in [4.78, 5) is 12.5. The van der Waals surface area contributed by atoms with Gasteiger partial charge in [-0.15, -0.1) is 11.3 Å². The highest BCUT2D eigenvalue weighted by atomic mass is 32.1. The first-order chi connectivity index (χ1) is 5.77. The lowest BCUT2D eigenvalue weighted by atomic mass is 10.2. The van der Waals surface area contributed by atoms with Gasteiger partial charge in [-0.05, 0) is 31.4 Å². The summed E-state index contributed by atoms with van der Waals surface area (Å²) in [6, 6.07) is 2.02. The SMILES string of the molecule is Cc1cc(CCCO)sc1C=O. The molecule has 0 saturated carbocycles. The van der Waals surface area contributed by atoms with E-state index in [1.807, 2.05) is 13.0 Å². The maximum absolute atomic E-state index is 10.5. The molecule has 0 radical (unpaired) electrons. The highest BCUT2D eigenvalue weighted by Crippen LogP contribution is 2.20. The fourth-order valence-corrected chi connectivity index (χ4v) is 2.09. The number of rotatable bonds is 4. The van der Waals surface area contributed by atoms with Crippen molar-refractivity contribution in [3.8, 4) is 0 Å². The van der Waals surface area contributed by atoms with Crippen LogP contribution in [0.5, 0.6) is 0 Å². The van der Waals surface area contributed by atoms with Crippen LogP contribution in [0.1, 0.15) is 26.5 Å². The molecule has 0 bridgehead atoms. The van der Waals surface area contributed by atoms with Crippen LogP contribution < -0.4 is 0 Å². The molecular formula is C9H12O2S. The van der Waals surface area contributed by atoms with E-state index in [1.54, 1.807) is 0 Å². The minimum atomic E-state index is 0.216. The molecule has 0 saturated heterocycles. The summed E-state index contributed by atoms with van der Waals surface area (Å²) in [7, 11) is 0. The Morgan fingerprint density at radius 3 is 2.92 bits per heavy atom. The van der Waals surface area contributed by atoms with E-state index in [4.69, 9.17) is 5.11 Å². The van der Waals surface area contributed by atoms with E-state index >= 15 is 0 Å². The maximum atomic E-state index is 10.5. The number of aldehydes is 1. The predicted molar refractivity (Wildman–Crippen MR) is 49.9 cm³/mol. The fourth-order valence-electron chi connectivity index (χ4n) is 1.06. The largest absolute Gasteiger partial charge is 0.396 e. The smallest absolute Gasteiger partial charge is 0.160 e. The Kier molecular flexibility index (Phi) is 3.44. The van der Waals surface area contributed by atoms with Crippen LogP contribution in [0, 0.1) is 6.92 Å². The minimum absolute atomic E-state index is 0.216. The number of hydrogen-bond donors (Lipinski definition) is 1. The van der Waals surface area contributed by atoms with Gasteiger partial charge in [-0.2, -0.15) is 0 Å². The second kappa shape index (κ2) is 4.38. The molecule has 2 nitrogen and oxygen atoms in total. The predicted octanol–water partition coefficient (Wildman–Crippen LogP) is 1.79. The first-order valence-corrected chi connectivity index (χ1v) is 4.75. The van der Waals surface area contributed by atoms with E-state index in [0.29, 0.717) is 0 Å².